The lowest BCUT2D eigenvalue weighted by Gasteiger charge is -2.08. The highest BCUT2D eigenvalue weighted by Gasteiger charge is 2.07. The monoisotopic (exact) mass is 343 g/mol. The molecule has 0 radical (unpaired) electrons. The van der Waals surface area contributed by atoms with Gasteiger partial charge in [0.25, 0.3) is 0 Å². The molecule has 2 heterocycles. The van der Waals surface area contributed by atoms with Gasteiger partial charge in [0.15, 0.2) is 5.65 Å². The molecule has 5 nitrogen and oxygen atoms in total. The van der Waals surface area contributed by atoms with Crippen LogP contribution in [0.15, 0.2) is 54.6 Å². The van der Waals surface area contributed by atoms with Crippen LogP contribution in [-0.4, -0.2) is 22.6 Å². The number of nitrogens with zero attached hydrogens (tertiary/aromatic N) is 2. The zero-order valence-corrected chi connectivity index (χ0v) is 15.1. The number of aryl methyl sites for hydroxylation is 2. The molecule has 0 bridgehead atoms. The highest BCUT2D eigenvalue weighted by Crippen LogP contribution is 2.18. The summed E-state index contributed by atoms with van der Waals surface area (Å²) in [5.41, 5.74) is 6.42. The summed E-state index contributed by atoms with van der Waals surface area (Å²) in [7, 11) is 1.79. The van der Waals surface area contributed by atoms with E-state index in [1.807, 2.05) is 22.7 Å². The van der Waals surface area contributed by atoms with E-state index in [9.17, 15) is 0 Å². The molecule has 1 aromatic carbocycles. The molecule has 130 valence electrons. The number of pyridine rings is 1. The fourth-order valence-electron chi connectivity index (χ4n) is 2.63. The van der Waals surface area contributed by atoms with E-state index < -0.39 is 0 Å². The van der Waals surface area contributed by atoms with Crippen LogP contribution in [0.2, 0.25) is 0 Å². The molecule has 0 fully saturated rings. The van der Waals surface area contributed by atoms with Gasteiger partial charge < -0.3 is 16.0 Å². The van der Waals surface area contributed by atoms with E-state index in [2.05, 4.69) is 59.5 Å². The van der Waals surface area contributed by atoms with Crippen molar-refractivity contribution >= 4 is 17.5 Å². The van der Waals surface area contributed by atoms with E-state index in [1.165, 1.54) is 11.8 Å². The Kier molecular flexibility index (Phi) is 5.04. The first-order chi connectivity index (χ1) is 12.6. The standard InChI is InChI=1S/C21H21N5/c1-15-6-7-16(2)17(11-15)8-9-19-14-24-21-20(5-4-10-26(19)21)25-18(12-22)13-23-3/h4-7,10-14,22-23,25H,1-3H3/b18-13+,22-12?. The molecule has 2 aromatic heterocycles. The summed E-state index contributed by atoms with van der Waals surface area (Å²) in [6.07, 6.45) is 6.68. The molecule has 26 heavy (non-hydrogen) atoms. The van der Waals surface area contributed by atoms with E-state index >= 15 is 0 Å². The summed E-state index contributed by atoms with van der Waals surface area (Å²) in [5, 5.41) is 13.6. The summed E-state index contributed by atoms with van der Waals surface area (Å²) < 4.78 is 1.95. The summed E-state index contributed by atoms with van der Waals surface area (Å²) in [4.78, 5) is 4.49. The lowest BCUT2D eigenvalue weighted by molar-refractivity contribution is 1.09. The highest BCUT2D eigenvalue weighted by molar-refractivity contribution is 5.84. The van der Waals surface area contributed by atoms with Crippen LogP contribution < -0.4 is 10.6 Å². The maximum Gasteiger partial charge on any atom is 0.161 e. The minimum absolute atomic E-state index is 0.645. The Morgan fingerprint density at radius 1 is 1.23 bits per heavy atom. The second-order valence-electron chi connectivity index (χ2n) is 5.98. The fourth-order valence-corrected chi connectivity index (χ4v) is 2.63. The molecule has 0 unspecified atom stereocenters. The third-order valence-corrected chi connectivity index (χ3v) is 3.99. The van der Waals surface area contributed by atoms with Gasteiger partial charge in [-0.1, -0.05) is 18.1 Å². The van der Waals surface area contributed by atoms with E-state index in [-0.39, 0.29) is 0 Å². The van der Waals surface area contributed by atoms with Crippen molar-refractivity contribution in [3.05, 3.63) is 77.0 Å². The topological polar surface area (TPSA) is 65.2 Å². The quantitative estimate of drug-likeness (QED) is 0.502. The van der Waals surface area contributed by atoms with Gasteiger partial charge >= 0.3 is 0 Å². The summed E-state index contributed by atoms with van der Waals surface area (Å²) >= 11 is 0. The lowest BCUT2D eigenvalue weighted by Crippen LogP contribution is -2.07. The fraction of sp³-hybridized carbons (Fsp3) is 0.143. The van der Waals surface area contributed by atoms with Crippen molar-refractivity contribution in [3.8, 4) is 11.8 Å². The van der Waals surface area contributed by atoms with Crippen molar-refractivity contribution in [1.82, 2.24) is 14.7 Å². The molecule has 0 aliphatic heterocycles. The van der Waals surface area contributed by atoms with Gasteiger partial charge in [0.1, 0.15) is 5.69 Å². The van der Waals surface area contributed by atoms with Crippen LogP contribution in [0.3, 0.4) is 0 Å². The molecule has 0 spiro atoms. The Morgan fingerprint density at radius 2 is 2.08 bits per heavy atom. The zero-order chi connectivity index (χ0) is 18.5. The van der Waals surface area contributed by atoms with Gasteiger partial charge in [0.05, 0.1) is 17.6 Å². The SMILES string of the molecule is CN/C=C(\C=N)Nc1cccn2c(C#Cc3cc(C)ccc3C)cnc12. The van der Waals surface area contributed by atoms with E-state index in [4.69, 9.17) is 5.41 Å². The first-order valence-corrected chi connectivity index (χ1v) is 8.32. The minimum atomic E-state index is 0.645. The lowest BCUT2D eigenvalue weighted by atomic mass is 10.1. The third kappa shape index (κ3) is 3.60. The van der Waals surface area contributed by atoms with Gasteiger partial charge in [-0.2, -0.15) is 0 Å². The Morgan fingerprint density at radius 3 is 2.85 bits per heavy atom. The average molecular weight is 343 g/mol. The van der Waals surface area contributed by atoms with Crippen molar-refractivity contribution in [2.24, 2.45) is 0 Å². The van der Waals surface area contributed by atoms with Gasteiger partial charge in [0.2, 0.25) is 0 Å². The molecular weight excluding hydrogens is 322 g/mol. The number of nitrogens with one attached hydrogen (secondary N) is 3. The van der Waals surface area contributed by atoms with E-state index in [0.29, 0.717) is 5.70 Å². The molecule has 0 amide bonds. The minimum Gasteiger partial charge on any atom is -0.392 e. The highest BCUT2D eigenvalue weighted by atomic mass is 15.0. The van der Waals surface area contributed by atoms with Gasteiger partial charge in [-0.25, -0.2) is 4.98 Å². The number of allylic oxidation sites excluding steroid dienone is 1. The van der Waals surface area contributed by atoms with Crippen LogP contribution in [0, 0.1) is 31.1 Å². The van der Waals surface area contributed by atoms with Gasteiger partial charge in [0, 0.05) is 31.2 Å². The number of hydrogen-bond acceptors (Lipinski definition) is 4. The number of hydrogen-bond donors (Lipinski definition) is 3. The number of anilines is 1. The van der Waals surface area contributed by atoms with Crippen LogP contribution in [0.5, 0.6) is 0 Å². The number of fused-ring (bicyclic) bond motifs is 1. The second-order valence-corrected chi connectivity index (χ2v) is 5.98. The Hall–Kier alpha value is -3.52. The Labute approximate surface area is 153 Å². The molecule has 3 aromatic rings. The maximum absolute atomic E-state index is 7.48. The molecule has 0 aliphatic carbocycles. The average Bonchev–Trinajstić information content (AvgIpc) is 3.06. The summed E-state index contributed by atoms with van der Waals surface area (Å²) in [5.74, 6) is 6.47. The van der Waals surface area contributed by atoms with Crippen molar-refractivity contribution in [3.63, 3.8) is 0 Å². The van der Waals surface area contributed by atoms with Crippen molar-refractivity contribution in [1.29, 1.82) is 5.41 Å². The van der Waals surface area contributed by atoms with Crippen molar-refractivity contribution in [2.75, 3.05) is 12.4 Å². The van der Waals surface area contributed by atoms with Crippen molar-refractivity contribution < 1.29 is 0 Å². The number of imidazole rings is 1. The predicted octanol–water partition coefficient (Wildman–Crippen LogP) is 3.47. The number of aromatic nitrogens is 2. The molecule has 0 saturated heterocycles. The van der Waals surface area contributed by atoms with Crippen LogP contribution >= 0.6 is 0 Å². The Bertz CT molecular complexity index is 1050. The van der Waals surface area contributed by atoms with Gasteiger partial charge in [-0.3, -0.25) is 4.40 Å². The van der Waals surface area contributed by atoms with Gasteiger partial charge in [-0.05, 0) is 49.1 Å². The molecular formula is C21H21N5. The van der Waals surface area contributed by atoms with Gasteiger partial charge in [-0.15, -0.1) is 0 Å². The molecule has 0 saturated carbocycles. The second kappa shape index (κ2) is 7.58. The first-order valence-electron chi connectivity index (χ1n) is 8.32. The third-order valence-electron chi connectivity index (χ3n) is 3.99. The smallest absolute Gasteiger partial charge is 0.161 e. The first kappa shape index (κ1) is 17.3. The maximum atomic E-state index is 7.48. The molecule has 3 N–H and O–H groups in total. The number of rotatable bonds is 4. The van der Waals surface area contributed by atoms with Crippen LogP contribution in [-0.2, 0) is 0 Å². The summed E-state index contributed by atoms with van der Waals surface area (Å²) in [6.45, 7) is 4.13. The molecule has 3 rings (SSSR count). The summed E-state index contributed by atoms with van der Waals surface area (Å²) in [6, 6.07) is 10.1. The van der Waals surface area contributed by atoms with Crippen LogP contribution in [0.25, 0.3) is 5.65 Å². The molecule has 0 aliphatic rings. The molecule has 5 heteroatoms. The van der Waals surface area contributed by atoms with Crippen LogP contribution in [0.4, 0.5) is 5.69 Å². The normalized spacial score (nSPS) is 11.0. The van der Waals surface area contributed by atoms with E-state index in [1.54, 1.807) is 19.4 Å². The van der Waals surface area contributed by atoms with Crippen molar-refractivity contribution in [2.45, 2.75) is 13.8 Å². The predicted molar refractivity (Wildman–Crippen MR) is 107 cm³/mol. The van der Waals surface area contributed by atoms with E-state index in [0.717, 1.165) is 28.2 Å². The largest absolute Gasteiger partial charge is 0.392 e. The zero-order valence-electron chi connectivity index (χ0n) is 15.1. The Balaban J connectivity index is 1.99. The number of benzene rings is 1. The van der Waals surface area contributed by atoms with Crippen LogP contribution in [0.1, 0.15) is 22.4 Å². The molecule has 0 atom stereocenters.